The number of rotatable bonds is 12. The van der Waals surface area contributed by atoms with Crippen LogP contribution in [0.1, 0.15) is 153 Å². The van der Waals surface area contributed by atoms with E-state index in [1.54, 1.807) is 0 Å². The molecule has 0 bridgehead atoms. The quantitative estimate of drug-likeness (QED) is 0.122. The molecule has 79 heavy (non-hydrogen) atoms. The van der Waals surface area contributed by atoms with Gasteiger partial charge in [-0.25, -0.2) is 4.98 Å². The van der Waals surface area contributed by atoms with Crippen LogP contribution in [0, 0.1) is 0 Å². The molecular formula is C74H78N4O. The standard InChI is InChI=1S/C74H78N4O/c1-48(2)61-29-22-30-62(49(3)4)70(61)50-31-36-65-68(39-50)76(47-77(65)58-41-55(71(5,6)7)40-56(42-58)72(8,9)10)57-27-21-28-59(45-57)79-60-33-35-64-63-34-32-53(73(11,12)51-23-17-15-18-24-51)43-66(63)78(67(64)46-60)69-44-54(37-38-75-69)74(13,14)52-25-19-16-20-26-52/h15-46,48-49H,47H2,1-14H3. The van der Waals surface area contributed by atoms with E-state index in [-0.39, 0.29) is 21.7 Å². The summed E-state index contributed by atoms with van der Waals surface area (Å²) in [5.41, 5.74) is 19.2. The maximum atomic E-state index is 7.05. The summed E-state index contributed by atoms with van der Waals surface area (Å²) >= 11 is 0. The van der Waals surface area contributed by atoms with Crippen molar-refractivity contribution in [2.75, 3.05) is 16.5 Å². The van der Waals surface area contributed by atoms with Crippen molar-refractivity contribution in [1.82, 2.24) is 9.55 Å². The van der Waals surface area contributed by atoms with Crippen LogP contribution in [0.25, 0.3) is 38.8 Å². The van der Waals surface area contributed by atoms with E-state index in [9.17, 15) is 0 Å². The van der Waals surface area contributed by atoms with Gasteiger partial charge in [-0.1, -0.05) is 206 Å². The van der Waals surface area contributed by atoms with Gasteiger partial charge in [0.25, 0.3) is 0 Å². The third kappa shape index (κ3) is 9.92. The van der Waals surface area contributed by atoms with Gasteiger partial charge in [0.1, 0.15) is 24.0 Å². The molecule has 5 heteroatoms. The normalized spacial score (nSPS) is 13.3. The highest BCUT2D eigenvalue weighted by molar-refractivity contribution is 6.10. The van der Waals surface area contributed by atoms with Crippen LogP contribution >= 0.6 is 0 Å². The summed E-state index contributed by atoms with van der Waals surface area (Å²) < 4.78 is 9.40. The highest BCUT2D eigenvalue weighted by atomic mass is 16.5. The molecule has 400 valence electrons. The Balaban J connectivity index is 1.03. The fourth-order valence-corrected chi connectivity index (χ4v) is 11.9. The van der Waals surface area contributed by atoms with E-state index in [0.717, 1.165) is 39.4 Å². The summed E-state index contributed by atoms with van der Waals surface area (Å²) in [5.74, 6) is 3.13. The van der Waals surface area contributed by atoms with Gasteiger partial charge in [0.15, 0.2) is 0 Å². The lowest BCUT2D eigenvalue weighted by Gasteiger charge is -2.29. The van der Waals surface area contributed by atoms with Crippen LogP contribution in [0.3, 0.4) is 0 Å². The molecule has 0 spiro atoms. The van der Waals surface area contributed by atoms with Gasteiger partial charge in [-0.15, -0.1) is 0 Å². The van der Waals surface area contributed by atoms with Crippen LogP contribution in [0.15, 0.2) is 194 Å². The number of hydrogen-bond donors (Lipinski definition) is 0. The number of aromatic nitrogens is 2. The molecule has 11 rings (SSSR count). The lowest BCUT2D eigenvalue weighted by atomic mass is 9.78. The van der Waals surface area contributed by atoms with E-state index in [0.29, 0.717) is 18.5 Å². The first-order valence-corrected chi connectivity index (χ1v) is 28.5. The summed E-state index contributed by atoms with van der Waals surface area (Å²) in [4.78, 5) is 10.1. The van der Waals surface area contributed by atoms with E-state index < -0.39 is 0 Å². The predicted octanol–water partition coefficient (Wildman–Crippen LogP) is 20.4. The van der Waals surface area contributed by atoms with Gasteiger partial charge < -0.3 is 14.5 Å². The van der Waals surface area contributed by atoms with Crippen molar-refractivity contribution in [3.63, 3.8) is 0 Å². The fourth-order valence-electron chi connectivity index (χ4n) is 11.9. The van der Waals surface area contributed by atoms with Crippen LogP contribution in [-0.4, -0.2) is 16.2 Å². The molecule has 0 unspecified atom stereocenters. The highest BCUT2D eigenvalue weighted by Crippen LogP contribution is 2.50. The number of fused-ring (bicyclic) bond motifs is 4. The summed E-state index contributed by atoms with van der Waals surface area (Å²) in [7, 11) is 0. The van der Waals surface area contributed by atoms with Crippen molar-refractivity contribution in [2.45, 2.75) is 130 Å². The molecule has 0 saturated heterocycles. The van der Waals surface area contributed by atoms with Crippen molar-refractivity contribution in [3.05, 3.63) is 239 Å². The zero-order chi connectivity index (χ0) is 55.8. The average molecular weight is 1040 g/mol. The molecular weight excluding hydrogens is 961 g/mol. The SMILES string of the molecule is CC(C)c1cccc(C(C)C)c1-c1ccc2c(c1)N(c1cccc(Oc3ccc4c5ccc(C(C)(C)c6ccccc6)cc5n(-c5cc(C(C)(C)c6ccccc6)ccn5)c4c3)c1)CN2c1cc(C(C)(C)C)cc(C(C)(C)C)c1. The number of nitrogens with zero attached hydrogens (tertiary/aromatic N) is 4. The monoisotopic (exact) mass is 1040 g/mol. The van der Waals surface area contributed by atoms with Gasteiger partial charge in [-0.3, -0.25) is 4.57 Å². The molecule has 0 atom stereocenters. The zero-order valence-corrected chi connectivity index (χ0v) is 49.0. The molecule has 1 aliphatic rings. The average Bonchev–Trinajstić information content (AvgIpc) is 4.00. The first kappa shape index (κ1) is 53.1. The molecule has 3 heterocycles. The minimum Gasteiger partial charge on any atom is -0.457 e. The Labute approximate surface area is 470 Å². The Morgan fingerprint density at radius 3 is 1.56 bits per heavy atom. The van der Waals surface area contributed by atoms with Crippen LogP contribution in [0.2, 0.25) is 0 Å². The second kappa shape index (κ2) is 20.1. The van der Waals surface area contributed by atoms with Crippen LogP contribution in [0.4, 0.5) is 22.7 Å². The van der Waals surface area contributed by atoms with E-state index in [1.165, 1.54) is 78.1 Å². The summed E-state index contributed by atoms with van der Waals surface area (Å²) in [6.45, 7) is 33.1. The highest BCUT2D eigenvalue weighted by Gasteiger charge is 2.33. The Bertz CT molecular complexity index is 3820. The van der Waals surface area contributed by atoms with Gasteiger partial charge in [-0.2, -0.15) is 0 Å². The second-order valence-electron chi connectivity index (χ2n) is 25.8. The number of anilines is 4. The van der Waals surface area contributed by atoms with Gasteiger partial charge >= 0.3 is 0 Å². The topological polar surface area (TPSA) is 33.5 Å². The minimum atomic E-state index is -0.257. The van der Waals surface area contributed by atoms with Crippen molar-refractivity contribution < 1.29 is 4.74 Å². The van der Waals surface area contributed by atoms with Crippen LogP contribution in [-0.2, 0) is 21.7 Å². The van der Waals surface area contributed by atoms with Crippen molar-refractivity contribution in [1.29, 1.82) is 0 Å². The third-order valence-electron chi connectivity index (χ3n) is 17.0. The van der Waals surface area contributed by atoms with Crippen LogP contribution in [0.5, 0.6) is 11.5 Å². The Kier molecular flexibility index (Phi) is 13.5. The van der Waals surface area contributed by atoms with Gasteiger partial charge in [0.2, 0.25) is 0 Å². The molecule has 5 nitrogen and oxygen atoms in total. The molecule has 0 radical (unpaired) electrons. The lowest BCUT2D eigenvalue weighted by Crippen LogP contribution is -2.25. The van der Waals surface area contributed by atoms with E-state index in [1.807, 2.05) is 6.20 Å². The van der Waals surface area contributed by atoms with Crippen molar-refractivity contribution in [3.8, 4) is 28.4 Å². The van der Waals surface area contributed by atoms with Gasteiger partial charge in [-0.05, 0) is 145 Å². The lowest BCUT2D eigenvalue weighted by molar-refractivity contribution is 0.483. The second-order valence-corrected chi connectivity index (χ2v) is 25.8. The Hall–Kier alpha value is -7.89. The third-order valence-corrected chi connectivity index (χ3v) is 17.0. The minimum absolute atomic E-state index is 0.0268. The fraction of sp³-hybridized carbons (Fsp3) is 0.284. The Morgan fingerprint density at radius 2 is 0.962 bits per heavy atom. The number of benzene rings is 8. The Morgan fingerprint density at radius 1 is 0.418 bits per heavy atom. The van der Waals surface area contributed by atoms with Crippen LogP contribution < -0.4 is 14.5 Å². The number of hydrogen-bond acceptors (Lipinski definition) is 4. The molecule has 0 amide bonds. The predicted molar refractivity (Wildman–Crippen MR) is 335 cm³/mol. The van der Waals surface area contributed by atoms with Gasteiger partial charge in [0.05, 0.1) is 22.4 Å². The zero-order valence-electron chi connectivity index (χ0n) is 49.0. The number of ether oxygens (including phenoxy) is 1. The maximum absolute atomic E-state index is 7.05. The summed E-state index contributed by atoms with van der Waals surface area (Å²) in [6.07, 6.45) is 1.97. The first-order chi connectivity index (χ1) is 37.6. The molecule has 0 saturated carbocycles. The van der Waals surface area contributed by atoms with E-state index in [4.69, 9.17) is 9.72 Å². The van der Waals surface area contributed by atoms with Crippen molar-refractivity contribution >= 4 is 44.6 Å². The molecule has 0 aliphatic carbocycles. The first-order valence-electron chi connectivity index (χ1n) is 28.5. The maximum Gasteiger partial charge on any atom is 0.137 e. The molecule has 2 aromatic heterocycles. The largest absolute Gasteiger partial charge is 0.457 e. The molecule has 0 fully saturated rings. The van der Waals surface area contributed by atoms with Gasteiger partial charge in [0, 0.05) is 51.3 Å². The number of pyridine rings is 1. The molecule has 10 aromatic rings. The molecule has 0 N–H and O–H groups in total. The van der Waals surface area contributed by atoms with Crippen molar-refractivity contribution in [2.24, 2.45) is 0 Å². The van der Waals surface area contributed by atoms with E-state index in [2.05, 4.69) is 299 Å². The summed E-state index contributed by atoms with van der Waals surface area (Å²) in [6, 6.07) is 69.5. The summed E-state index contributed by atoms with van der Waals surface area (Å²) in [5, 5.41) is 2.31. The van der Waals surface area contributed by atoms with E-state index >= 15 is 0 Å². The molecule has 1 aliphatic heterocycles. The molecule has 8 aromatic carbocycles. The smallest absolute Gasteiger partial charge is 0.137 e.